The van der Waals surface area contributed by atoms with E-state index in [1.54, 1.807) is 6.92 Å². The molecule has 150 valence electrons. The summed E-state index contributed by atoms with van der Waals surface area (Å²) in [5.41, 5.74) is 0.891. The molecule has 0 saturated carbocycles. The summed E-state index contributed by atoms with van der Waals surface area (Å²) < 4.78 is 19.4. The van der Waals surface area contributed by atoms with E-state index in [1.165, 1.54) is 29.2 Å². The van der Waals surface area contributed by atoms with Crippen LogP contribution in [0.3, 0.4) is 0 Å². The Morgan fingerprint density at radius 3 is 2.25 bits per heavy atom. The minimum atomic E-state index is -0.671. The van der Waals surface area contributed by atoms with E-state index in [0.29, 0.717) is 5.75 Å². The van der Waals surface area contributed by atoms with Gasteiger partial charge in [-0.1, -0.05) is 28.1 Å². The van der Waals surface area contributed by atoms with E-state index in [1.807, 2.05) is 38.1 Å². The van der Waals surface area contributed by atoms with Crippen molar-refractivity contribution in [3.63, 3.8) is 0 Å². The Kier molecular flexibility index (Phi) is 7.99. The van der Waals surface area contributed by atoms with Gasteiger partial charge in [-0.3, -0.25) is 9.59 Å². The molecule has 7 heteroatoms. The number of hydrogen-bond donors (Lipinski definition) is 1. The van der Waals surface area contributed by atoms with E-state index >= 15 is 0 Å². The van der Waals surface area contributed by atoms with Crippen LogP contribution in [0, 0.1) is 5.82 Å². The molecule has 2 rings (SSSR count). The molecule has 2 amide bonds. The zero-order valence-electron chi connectivity index (χ0n) is 16.1. The molecule has 0 fully saturated rings. The average molecular weight is 451 g/mol. The van der Waals surface area contributed by atoms with Crippen molar-refractivity contribution in [3.8, 4) is 5.75 Å². The van der Waals surface area contributed by atoms with Crippen LogP contribution in [0.15, 0.2) is 53.0 Å². The fourth-order valence-electron chi connectivity index (χ4n) is 2.53. The molecule has 1 N–H and O–H groups in total. The summed E-state index contributed by atoms with van der Waals surface area (Å²) in [4.78, 5) is 26.8. The molecule has 28 heavy (non-hydrogen) atoms. The minimum Gasteiger partial charge on any atom is -0.484 e. The normalized spacial score (nSPS) is 11.8. The molecule has 0 aliphatic carbocycles. The van der Waals surface area contributed by atoms with Gasteiger partial charge in [0.2, 0.25) is 5.91 Å². The Hall–Kier alpha value is -2.41. The van der Waals surface area contributed by atoms with E-state index in [9.17, 15) is 14.0 Å². The molecule has 0 radical (unpaired) electrons. The van der Waals surface area contributed by atoms with Gasteiger partial charge in [0.05, 0.1) is 0 Å². The first-order valence-corrected chi connectivity index (χ1v) is 9.78. The molecule has 0 bridgehead atoms. The van der Waals surface area contributed by atoms with Crippen molar-refractivity contribution in [3.05, 3.63) is 64.4 Å². The van der Waals surface area contributed by atoms with Crippen molar-refractivity contribution in [2.75, 3.05) is 6.61 Å². The number of rotatable bonds is 8. The number of benzene rings is 2. The Labute approximate surface area is 173 Å². The molecule has 1 unspecified atom stereocenters. The van der Waals surface area contributed by atoms with Crippen molar-refractivity contribution in [1.29, 1.82) is 0 Å². The van der Waals surface area contributed by atoms with Gasteiger partial charge in [-0.05, 0) is 62.7 Å². The van der Waals surface area contributed by atoms with Crippen LogP contribution in [0.25, 0.3) is 0 Å². The highest BCUT2D eigenvalue weighted by molar-refractivity contribution is 9.10. The van der Waals surface area contributed by atoms with Gasteiger partial charge in [-0.25, -0.2) is 4.39 Å². The number of nitrogens with one attached hydrogen (secondary N) is 1. The van der Waals surface area contributed by atoms with Crippen LogP contribution >= 0.6 is 15.9 Å². The number of halogens is 2. The van der Waals surface area contributed by atoms with E-state index in [-0.39, 0.29) is 36.8 Å². The fourth-order valence-corrected chi connectivity index (χ4v) is 2.80. The second kappa shape index (κ2) is 10.2. The first-order valence-electron chi connectivity index (χ1n) is 8.99. The smallest absolute Gasteiger partial charge is 0.261 e. The molecular weight excluding hydrogens is 427 g/mol. The summed E-state index contributed by atoms with van der Waals surface area (Å²) in [6.45, 7) is 5.44. The maximum Gasteiger partial charge on any atom is 0.261 e. The third kappa shape index (κ3) is 6.64. The van der Waals surface area contributed by atoms with Gasteiger partial charge in [-0.2, -0.15) is 0 Å². The second-order valence-electron chi connectivity index (χ2n) is 6.73. The first-order chi connectivity index (χ1) is 13.3. The molecule has 2 aromatic carbocycles. The topological polar surface area (TPSA) is 58.6 Å². The Balaban J connectivity index is 2.12. The van der Waals surface area contributed by atoms with Gasteiger partial charge in [0, 0.05) is 17.1 Å². The summed E-state index contributed by atoms with van der Waals surface area (Å²) in [5, 5.41) is 2.83. The molecule has 5 nitrogen and oxygen atoms in total. The SMILES string of the molecule is CC(C)NC(=O)C(C)N(Cc1ccc(Br)cc1)C(=O)COc1ccc(F)cc1. The lowest BCUT2D eigenvalue weighted by molar-refractivity contribution is -0.142. The maximum absolute atomic E-state index is 13.0. The van der Waals surface area contributed by atoms with Crippen molar-refractivity contribution in [2.45, 2.75) is 39.4 Å². The van der Waals surface area contributed by atoms with E-state index in [2.05, 4.69) is 21.2 Å². The number of hydrogen-bond acceptors (Lipinski definition) is 3. The molecule has 0 aromatic heterocycles. The van der Waals surface area contributed by atoms with Crippen LogP contribution in [-0.4, -0.2) is 35.4 Å². The van der Waals surface area contributed by atoms with E-state index < -0.39 is 6.04 Å². The number of carbonyl (C=O) groups is 2. The predicted molar refractivity (Wildman–Crippen MR) is 109 cm³/mol. The summed E-state index contributed by atoms with van der Waals surface area (Å²) in [6, 6.07) is 12.3. The zero-order valence-corrected chi connectivity index (χ0v) is 17.7. The first kappa shape index (κ1) is 21.9. The maximum atomic E-state index is 13.0. The van der Waals surface area contributed by atoms with Crippen LogP contribution in [0.1, 0.15) is 26.3 Å². The highest BCUT2D eigenvalue weighted by Gasteiger charge is 2.26. The Morgan fingerprint density at radius 2 is 1.68 bits per heavy atom. The molecular formula is C21H24BrFN2O3. The Bertz CT molecular complexity index is 794. The molecule has 2 aromatic rings. The van der Waals surface area contributed by atoms with Crippen molar-refractivity contribution < 1.29 is 18.7 Å². The summed E-state index contributed by atoms with van der Waals surface area (Å²) in [6.07, 6.45) is 0. The molecule has 0 aliphatic rings. The quantitative estimate of drug-likeness (QED) is 0.662. The van der Waals surface area contributed by atoms with Crippen LogP contribution in [0.4, 0.5) is 4.39 Å². The minimum absolute atomic E-state index is 0.0324. The second-order valence-corrected chi connectivity index (χ2v) is 7.65. The molecule has 1 atom stereocenters. The molecule has 0 saturated heterocycles. The highest BCUT2D eigenvalue weighted by Crippen LogP contribution is 2.16. The van der Waals surface area contributed by atoms with Gasteiger partial charge >= 0.3 is 0 Å². The van der Waals surface area contributed by atoms with Gasteiger partial charge in [0.1, 0.15) is 17.6 Å². The third-order valence-corrected chi connectivity index (χ3v) is 4.57. The lowest BCUT2D eigenvalue weighted by Crippen LogP contribution is -2.50. The number of nitrogens with zero attached hydrogens (tertiary/aromatic N) is 1. The van der Waals surface area contributed by atoms with E-state index in [4.69, 9.17) is 4.74 Å². The van der Waals surface area contributed by atoms with Crippen molar-refractivity contribution >= 4 is 27.7 Å². The van der Waals surface area contributed by atoms with Gasteiger partial charge in [0.15, 0.2) is 6.61 Å². The number of carbonyl (C=O) groups excluding carboxylic acids is 2. The standard InChI is InChI=1S/C21H24BrFN2O3/c1-14(2)24-21(27)15(3)25(12-16-4-6-17(22)7-5-16)20(26)13-28-19-10-8-18(23)9-11-19/h4-11,14-15H,12-13H2,1-3H3,(H,24,27). The molecule has 0 spiro atoms. The highest BCUT2D eigenvalue weighted by atomic mass is 79.9. The molecule has 0 aliphatic heterocycles. The van der Waals surface area contributed by atoms with Crippen LogP contribution < -0.4 is 10.1 Å². The lowest BCUT2D eigenvalue weighted by Gasteiger charge is -2.29. The van der Waals surface area contributed by atoms with Gasteiger partial charge < -0.3 is 15.0 Å². The fraction of sp³-hybridized carbons (Fsp3) is 0.333. The largest absolute Gasteiger partial charge is 0.484 e. The summed E-state index contributed by atoms with van der Waals surface area (Å²) in [5.74, 6) is -0.562. The van der Waals surface area contributed by atoms with Crippen molar-refractivity contribution in [2.24, 2.45) is 0 Å². The van der Waals surface area contributed by atoms with Gasteiger partial charge in [0.25, 0.3) is 5.91 Å². The van der Waals surface area contributed by atoms with E-state index in [0.717, 1.165) is 10.0 Å². The number of ether oxygens (including phenoxy) is 1. The van der Waals surface area contributed by atoms with Crippen LogP contribution in [-0.2, 0) is 16.1 Å². The Morgan fingerprint density at radius 1 is 1.07 bits per heavy atom. The summed E-state index contributed by atoms with van der Waals surface area (Å²) >= 11 is 3.38. The van der Waals surface area contributed by atoms with Crippen LogP contribution in [0.5, 0.6) is 5.75 Å². The average Bonchev–Trinajstić information content (AvgIpc) is 2.65. The monoisotopic (exact) mass is 450 g/mol. The number of amides is 2. The lowest BCUT2D eigenvalue weighted by atomic mass is 10.1. The van der Waals surface area contributed by atoms with Crippen molar-refractivity contribution in [1.82, 2.24) is 10.2 Å². The zero-order chi connectivity index (χ0) is 20.7. The predicted octanol–water partition coefficient (Wildman–Crippen LogP) is 3.91. The summed E-state index contributed by atoms with van der Waals surface area (Å²) in [7, 11) is 0. The van der Waals surface area contributed by atoms with Gasteiger partial charge in [-0.15, -0.1) is 0 Å². The third-order valence-electron chi connectivity index (χ3n) is 4.04. The van der Waals surface area contributed by atoms with Crippen LogP contribution in [0.2, 0.25) is 0 Å². The molecule has 0 heterocycles.